The fraction of sp³-hybridized carbons (Fsp3) is 0.333. The molecule has 0 aromatic heterocycles. The summed E-state index contributed by atoms with van der Waals surface area (Å²) in [7, 11) is 0. The number of benzene rings is 1. The summed E-state index contributed by atoms with van der Waals surface area (Å²) in [6.07, 6.45) is -0.859. The Labute approximate surface area is 81.3 Å². The first-order chi connectivity index (χ1) is 6.56. The van der Waals surface area contributed by atoms with Gasteiger partial charge in [-0.05, 0) is 18.6 Å². The van der Waals surface area contributed by atoms with Crippen molar-refractivity contribution in [1.82, 2.24) is 0 Å². The van der Waals surface area contributed by atoms with Crippen molar-refractivity contribution in [3.63, 3.8) is 0 Å². The highest BCUT2D eigenvalue weighted by atomic mass is 16.6. The molecular weight excluding hydrogens is 184 g/mol. The summed E-state index contributed by atoms with van der Waals surface area (Å²) in [6.45, 7) is 1.79. The summed E-state index contributed by atoms with van der Waals surface area (Å²) < 4.78 is 0. The van der Waals surface area contributed by atoms with Crippen LogP contribution in [-0.4, -0.2) is 10.0 Å². The molecule has 14 heavy (non-hydrogen) atoms. The number of nitro groups is 1. The molecule has 0 unspecified atom stereocenters. The Morgan fingerprint density at radius 3 is 2.71 bits per heavy atom. The SMILES string of the molecule is C[C@@H](O)c1cc(CN)ccc1[N+](=O)[O-]. The van der Waals surface area contributed by atoms with Crippen molar-refractivity contribution in [2.24, 2.45) is 5.73 Å². The molecule has 0 spiro atoms. The van der Waals surface area contributed by atoms with Crippen molar-refractivity contribution in [3.05, 3.63) is 39.4 Å². The molecule has 0 heterocycles. The van der Waals surface area contributed by atoms with Gasteiger partial charge < -0.3 is 10.8 Å². The maximum absolute atomic E-state index is 10.6. The van der Waals surface area contributed by atoms with Crippen LogP contribution >= 0.6 is 0 Å². The van der Waals surface area contributed by atoms with Gasteiger partial charge >= 0.3 is 0 Å². The quantitative estimate of drug-likeness (QED) is 0.559. The van der Waals surface area contributed by atoms with Crippen molar-refractivity contribution in [2.45, 2.75) is 19.6 Å². The van der Waals surface area contributed by atoms with E-state index in [0.29, 0.717) is 12.1 Å². The number of aliphatic hydroxyl groups is 1. The summed E-state index contributed by atoms with van der Waals surface area (Å²) in [6, 6.07) is 4.51. The molecule has 0 aliphatic heterocycles. The van der Waals surface area contributed by atoms with Gasteiger partial charge in [0.2, 0.25) is 0 Å². The topological polar surface area (TPSA) is 89.4 Å². The first-order valence-corrected chi connectivity index (χ1v) is 4.21. The first kappa shape index (κ1) is 10.6. The van der Waals surface area contributed by atoms with Gasteiger partial charge in [-0.3, -0.25) is 10.1 Å². The lowest BCUT2D eigenvalue weighted by molar-refractivity contribution is -0.386. The normalized spacial score (nSPS) is 12.5. The van der Waals surface area contributed by atoms with Gasteiger partial charge in [-0.1, -0.05) is 6.07 Å². The van der Waals surface area contributed by atoms with Crippen molar-refractivity contribution in [3.8, 4) is 0 Å². The zero-order valence-electron chi connectivity index (χ0n) is 7.80. The van der Waals surface area contributed by atoms with Crippen LogP contribution in [0.3, 0.4) is 0 Å². The predicted molar refractivity (Wildman–Crippen MR) is 51.6 cm³/mol. The van der Waals surface area contributed by atoms with Crippen LogP contribution in [-0.2, 0) is 6.54 Å². The lowest BCUT2D eigenvalue weighted by Gasteiger charge is -2.07. The maximum atomic E-state index is 10.6. The molecule has 3 N–H and O–H groups in total. The minimum Gasteiger partial charge on any atom is -0.388 e. The van der Waals surface area contributed by atoms with Gasteiger partial charge in [-0.15, -0.1) is 0 Å². The van der Waals surface area contributed by atoms with Crippen molar-refractivity contribution < 1.29 is 10.0 Å². The molecule has 0 aliphatic carbocycles. The van der Waals surface area contributed by atoms with Crippen molar-refractivity contribution in [2.75, 3.05) is 0 Å². The molecule has 0 fully saturated rings. The third-order valence-corrected chi connectivity index (χ3v) is 1.97. The molecule has 5 nitrogen and oxygen atoms in total. The molecule has 0 aliphatic rings. The van der Waals surface area contributed by atoms with Crippen LogP contribution < -0.4 is 5.73 Å². The van der Waals surface area contributed by atoms with Crippen LogP contribution in [0.4, 0.5) is 5.69 Å². The van der Waals surface area contributed by atoms with E-state index in [9.17, 15) is 15.2 Å². The van der Waals surface area contributed by atoms with E-state index in [4.69, 9.17) is 5.73 Å². The summed E-state index contributed by atoms with van der Waals surface area (Å²) in [5.74, 6) is 0. The minimum absolute atomic E-state index is 0.0720. The Morgan fingerprint density at radius 1 is 1.64 bits per heavy atom. The third kappa shape index (κ3) is 2.07. The lowest BCUT2D eigenvalue weighted by Crippen LogP contribution is -2.03. The standard InChI is InChI=1S/C9H12N2O3/c1-6(12)8-4-7(5-10)2-3-9(8)11(13)14/h2-4,6,12H,5,10H2,1H3/t6-/m1/s1. The van der Waals surface area contributed by atoms with Crippen LogP contribution in [0.5, 0.6) is 0 Å². The molecule has 5 heteroatoms. The largest absolute Gasteiger partial charge is 0.388 e. The Bertz CT molecular complexity index is 350. The number of hydrogen-bond donors (Lipinski definition) is 2. The molecule has 0 bridgehead atoms. The van der Waals surface area contributed by atoms with Gasteiger partial charge in [0.15, 0.2) is 0 Å². The molecular formula is C9H12N2O3. The average Bonchev–Trinajstić information content (AvgIpc) is 2.16. The van der Waals surface area contributed by atoms with E-state index in [1.54, 1.807) is 12.1 Å². The van der Waals surface area contributed by atoms with E-state index in [2.05, 4.69) is 0 Å². The highest BCUT2D eigenvalue weighted by molar-refractivity contribution is 5.44. The molecule has 1 atom stereocenters. The number of hydrogen-bond acceptors (Lipinski definition) is 4. The summed E-state index contributed by atoms with van der Waals surface area (Å²) in [5, 5.41) is 19.9. The summed E-state index contributed by atoms with van der Waals surface area (Å²) in [5.41, 5.74) is 6.40. The Morgan fingerprint density at radius 2 is 2.29 bits per heavy atom. The second-order valence-electron chi connectivity index (χ2n) is 3.03. The molecule has 1 aromatic rings. The van der Waals surface area contributed by atoms with Gasteiger partial charge in [-0.2, -0.15) is 0 Å². The van der Waals surface area contributed by atoms with Gasteiger partial charge in [0.25, 0.3) is 5.69 Å². The average molecular weight is 196 g/mol. The molecule has 0 radical (unpaired) electrons. The Balaban J connectivity index is 3.24. The molecule has 1 aromatic carbocycles. The number of rotatable bonds is 3. The van der Waals surface area contributed by atoms with Crippen molar-refractivity contribution in [1.29, 1.82) is 0 Å². The Hall–Kier alpha value is -1.46. The van der Waals surface area contributed by atoms with E-state index >= 15 is 0 Å². The van der Waals surface area contributed by atoms with E-state index < -0.39 is 11.0 Å². The highest BCUT2D eigenvalue weighted by Gasteiger charge is 2.17. The molecule has 0 saturated heterocycles. The van der Waals surface area contributed by atoms with Gasteiger partial charge in [0.1, 0.15) is 0 Å². The van der Waals surface area contributed by atoms with E-state index in [1.807, 2.05) is 0 Å². The van der Waals surface area contributed by atoms with Crippen LogP contribution in [0, 0.1) is 10.1 Å². The van der Waals surface area contributed by atoms with Crippen LogP contribution in [0.2, 0.25) is 0 Å². The number of nitrogens with two attached hydrogens (primary N) is 1. The molecule has 0 saturated carbocycles. The van der Waals surface area contributed by atoms with Crippen LogP contribution in [0.25, 0.3) is 0 Å². The van der Waals surface area contributed by atoms with Crippen LogP contribution in [0.1, 0.15) is 24.2 Å². The zero-order chi connectivity index (χ0) is 10.7. The van der Waals surface area contributed by atoms with Gasteiger partial charge in [0.05, 0.1) is 16.6 Å². The molecule has 1 rings (SSSR count). The monoisotopic (exact) mass is 196 g/mol. The number of aliphatic hydroxyl groups excluding tert-OH is 1. The van der Waals surface area contributed by atoms with Gasteiger partial charge in [-0.25, -0.2) is 0 Å². The summed E-state index contributed by atoms with van der Waals surface area (Å²) in [4.78, 5) is 10.1. The van der Waals surface area contributed by atoms with Gasteiger partial charge in [0, 0.05) is 12.6 Å². The predicted octanol–water partition coefficient (Wildman–Crippen LogP) is 1.11. The number of nitro benzene ring substituents is 1. The zero-order valence-corrected chi connectivity index (χ0v) is 7.80. The fourth-order valence-corrected chi connectivity index (χ4v) is 1.23. The minimum atomic E-state index is -0.859. The second kappa shape index (κ2) is 4.17. The van der Waals surface area contributed by atoms with Crippen LogP contribution in [0.15, 0.2) is 18.2 Å². The molecule has 76 valence electrons. The lowest BCUT2D eigenvalue weighted by atomic mass is 10.0. The Kier molecular flexibility index (Phi) is 3.16. The van der Waals surface area contributed by atoms with E-state index in [0.717, 1.165) is 5.56 Å². The summed E-state index contributed by atoms with van der Waals surface area (Å²) >= 11 is 0. The second-order valence-corrected chi connectivity index (χ2v) is 3.03. The maximum Gasteiger partial charge on any atom is 0.275 e. The van der Waals surface area contributed by atoms with Crippen molar-refractivity contribution >= 4 is 5.69 Å². The highest BCUT2D eigenvalue weighted by Crippen LogP contribution is 2.25. The first-order valence-electron chi connectivity index (χ1n) is 4.21. The smallest absolute Gasteiger partial charge is 0.275 e. The third-order valence-electron chi connectivity index (χ3n) is 1.97. The molecule has 0 amide bonds. The fourth-order valence-electron chi connectivity index (χ4n) is 1.23. The van der Waals surface area contributed by atoms with E-state index in [1.165, 1.54) is 13.0 Å². The number of nitrogens with zero attached hydrogens (tertiary/aromatic N) is 1. The van der Waals surface area contributed by atoms with E-state index in [-0.39, 0.29) is 5.69 Å².